The average molecular weight is 222 g/mol. The standard InChI is InChI=1S/C8H14O4.3CH4/c1(9-3-7-5-11-7)2-10-4-8-6-12-8;;;/h7-8H,1-6H2;3*1H4. The fourth-order valence-electron chi connectivity index (χ4n) is 0.876. The maximum Gasteiger partial charge on any atom is 0.104 e. The highest BCUT2D eigenvalue weighted by Crippen LogP contribution is 2.09. The molecule has 0 N–H and O–H groups in total. The molecule has 2 unspecified atom stereocenters. The van der Waals surface area contributed by atoms with E-state index in [2.05, 4.69) is 0 Å². The molecular formula is C11H26O4. The molecule has 2 aliphatic heterocycles. The molecule has 0 aromatic carbocycles. The van der Waals surface area contributed by atoms with Gasteiger partial charge in [-0.05, 0) is 0 Å². The minimum Gasteiger partial charge on any atom is -0.376 e. The normalized spacial score (nSPS) is 25.6. The van der Waals surface area contributed by atoms with Crippen LogP contribution in [-0.2, 0) is 18.9 Å². The lowest BCUT2D eigenvalue weighted by molar-refractivity contribution is 0.0366. The molecule has 4 nitrogen and oxygen atoms in total. The fraction of sp³-hybridized carbons (Fsp3) is 1.00. The van der Waals surface area contributed by atoms with Gasteiger partial charge in [0.1, 0.15) is 12.2 Å². The van der Waals surface area contributed by atoms with Crippen molar-refractivity contribution in [3.8, 4) is 0 Å². The minimum atomic E-state index is 0. The maximum absolute atomic E-state index is 5.27. The van der Waals surface area contributed by atoms with Crippen molar-refractivity contribution < 1.29 is 18.9 Å². The zero-order valence-corrected chi connectivity index (χ0v) is 7.03. The molecule has 2 heterocycles. The first-order valence-corrected chi connectivity index (χ1v) is 4.34. The van der Waals surface area contributed by atoms with E-state index < -0.39 is 0 Å². The summed E-state index contributed by atoms with van der Waals surface area (Å²) in [6, 6.07) is 0. The van der Waals surface area contributed by atoms with Gasteiger partial charge in [-0.15, -0.1) is 0 Å². The predicted octanol–water partition coefficient (Wildman–Crippen LogP) is 1.73. The van der Waals surface area contributed by atoms with E-state index >= 15 is 0 Å². The summed E-state index contributed by atoms with van der Waals surface area (Å²) >= 11 is 0. The second-order valence-corrected chi connectivity index (χ2v) is 3.06. The van der Waals surface area contributed by atoms with Crippen LogP contribution in [0.25, 0.3) is 0 Å². The van der Waals surface area contributed by atoms with Gasteiger partial charge >= 0.3 is 0 Å². The highest BCUT2D eigenvalue weighted by atomic mass is 16.6. The summed E-state index contributed by atoms with van der Waals surface area (Å²) in [5.74, 6) is 0. The molecule has 15 heavy (non-hydrogen) atoms. The summed E-state index contributed by atoms with van der Waals surface area (Å²) in [5.41, 5.74) is 0. The van der Waals surface area contributed by atoms with E-state index in [9.17, 15) is 0 Å². The molecule has 0 spiro atoms. The summed E-state index contributed by atoms with van der Waals surface area (Å²) < 4.78 is 20.5. The van der Waals surface area contributed by atoms with E-state index in [-0.39, 0.29) is 22.3 Å². The van der Waals surface area contributed by atoms with Crippen molar-refractivity contribution in [3.05, 3.63) is 0 Å². The third-order valence-electron chi connectivity index (χ3n) is 1.78. The Morgan fingerprint density at radius 2 is 1.13 bits per heavy atom. The molecule has 2 rings (SSSR count). The molecule has 2 atom stereocenters. The molecule has 0 aromatic heterocycles. The Morgan fingerprint density at radius 3 is 1.40 bits per heavy atom. The summed E-state index contributed by atoms with van der Waals surface area (Å²) in [6.45, 7) is 4.46. The second kappa shape index (κ2) is 9.09. The number of rotatable bonds is 7. The molecule has 4 heteroatoms. The van der Waals surface area contributed by atoms with Crippen molar-refractivity contribution in [2.45, 2.75) is 34.5 Å². The summed E-state index contributed by atoms with van der Waals surface area (Å²) in [6.07, 6.45) is 0.716. The highest BCUT2D eigenvalue weighted by Gasteiger charge is 2.23. The van der Waals surface area contributed by atoms with Crippen molar-refractivity contribution in [1.29, 1.82) is 0 Å². The lowest BCUT2D eigenvalue weighted by Crippen LogP contribution is -2.10. The monoisotopic (exact) mass is 222 g/mol. The fourth-order valence-corrected chi connectivity index (χ4v) is 0.876. The van der Waals surface area contributed by atoms with Gasteiger partial charge in [0.15, 0.2) is 0 Å². The first-order valence-electron chi connectivity index (χ1n) is 4.34. The Hall–Kier alpha value is -0.160. The van der Waals surface area contributed by atoms with E-state index in [1.165, 1.54) is 0 Å². The van der Waals surface area contributed by atoms with E-state index in [1.807, 2.05) is 0 Å². The van der Waals surface area contributed by atoms with Gasteiger partial charge in [0.2, 0.25) is 0 Å². The van der Waals surface area contributed by atoms with Crippen molar-refractivity contribution in [2.24, 2.45) is 0 Å². The topological polar surface area (TPSA) is 43.5 Å². The van der Waals surface area contributed by atoms with Crippen LogP contribution in [0.15, 0.2) is 0 Å². The van der Waals surface area contributed by atoms with Crippen LogP contribution in [0.1, 0.15) is 22.3 Å². The number of hydrogen-bond donors (Lipinski definition) is 0. The largest absolute Gasteiger partial charge is 0.376 e. The van der Waals surface area contributed by atoms with Gasteiger partial charge in [-0.3, -0.25) is 0 Å². The van der Waals surface area contributed by atoms with Crippen molar-refractivity contribution >= 4 is 0 Å². The number of hydrogen-bond acceptors (Lipinski definition) is 4. The van der Waals surface area contributed by atoms with Gasteiger partial charge in [0.25, 0.3) is 0 Å². The Bertz CT molecular complexity index is 117. The van der Waals surface area contributed by atoms with Crippen LogP contribution in [0.4, 0.5) is 0 Å². The molecule has 94 valence electrons. The molecule has 0 aliphatic carbocycles. The van der Waals surface area contributed by atoms with E-state index in [1.54, 1.807) is 0 Å². The molecule has 0 bridgehead atoms. The van der Waals surface area contributed by atoms with Crippen LogP contribution in [0.3, 0.4) is 0 Å². The Morgan fingerprint density at radius 1 is 0.800 bits per heavy atom. The van der Waals surface area contributed by atoms with Crippen LogP contribution < -0.4 is 0 Å². The van der Waals surface area contributed by atoms with Crippen molar-refractivity contribution in [1.82, 2.24) is 0 Å². The Balaban J connectivity index is 0. The maximum atomic E-state index is 5.27. The quantitative estimate of drug-likeness (QED) is 0.486. The van der Waals surface area contributed by atoms with Gasteiger partial charge in [0.05, 0.1) is 39.6 Å². The highest BCUT2D eigenvalue weighted by molar-refractivity contribution is 4.68. The lowest BCUT2D eigenvalue weighted by Gasteiger charge is -2.02. The smallest absolute Gasteiger partial charge is 0.104 e. The van der Waals surface area contributed by atoms with Gasteiger partial charge in [0, 0.05) is 0 Å². The summed E-state index contributed by atoms with van der Waals surface area (Å²) in [5, 5.41) is 0. The van der Waals surface area contributed by atoms with E-state index in [0.29, 0.717) is 38.6 Å². The summed E-state index contributed by atoms with van der Waals surface area (Å²) in [7, 11) is 0. The van der Waals surface area contributed by atoms with Crippen molar-refractivity contribution in [2.75, 3.05) is 39.6 Å². The second-order valence-electron chi connectivity index (χ2n) is 3.06. The van der Waals surface area contributed by atoms with Gasteiger partial charge in [-0.1, -0.05) is 22.3 Å². The molecule has 0 radical (unpaired) electrons. The van der Waals surface area contributed by atoms with Gasteiger partial charge in [-0.2, -0.15) is 0 Å². The third kappa shape index (κ3) is 8.81. The summed E-state index contributed by atoms with van der Waals surface area (Å²) in [4.78, 5) is 0. The van der Waals surface area contributed by atoms with Crippen molar-refractivity contribution in [3.63, 3.8) is 0 Å². The molecule has 2 aliphatic rings. The first kappa shape index (κ1) is 17.2. The third-order valence-corrected chi connectivity index (χ3v) is 1.78. The Kier molecular flexibility index (Phi) is 10.5. The zero-order chi connectivity index (χ0) is 8.23. The van der Waals surface area contributed by atoms with Crippen LogP contribution in [-0.4, -0.2) is 51.8 Å². The van der Waals surface area contributed by atoms with Crippen LogP contribution in [0, 0.1) is 0 Å². The SMILES string of the molecule is C.C.C.C(COCC1CO1)OCC1CO1. The lowest BCUT2D eigenvalue weighted by atomic mass is 10.5. The first-order chi connectivity index (χ1) is 5.95. The zero-order valence-electron chi connectivity index (χ0n) is 7.03. The molecule has 2 saturated heterocycles. The number of ether oxygens (including phenoxy) is 4. The molecule has 0 amide bonds. The number of epoxide rings is 2. The molecule has 2 fully saturated rings. The molecule has 0 saturated carbocycles. The predicted molar refractivity (Wildman–Crippen MR) is 61.3 cm³/mol. The van der Waals surface area contributed by atoms with Crippen LogP contribution in [0.2, 0.25) is 0 Å². The van der Waals surface area contributed by atoms with Gasteiger partial charge < -0.3 is 18.9 Å². The average Bonchev–Trinajstić information content (AvgIpc) is 2.89. The van der Waals surface area contributed by atoms with Crippen LogP contribution >= 0.6 is 0 Å². The van der Waals surface area contributed by atoms with Crippen LogP contribution in [0.5, 0.6) is 0 Å². The minimum absolute atomic E-state index is 0. The molecule has 0 aromatic rings. The van der Waals surface area contributed by atoms with E-state index in [4.69, 9.17) is 18.9 Å². The van der Waals surface area contributed by atoms with E-state index in [0.717, 1.165) is 13.2 Å². The van der Waals surface area contributed by atoms with Gasteiger partial charge in [-0.25, -0.2) is 0 Å². The Labute approximate surface area is 93.8 Å². The molecular weight excluding hydrogens is 196 g/mol.